The molecule has 5 aromatic rings. The van der Waals surface area contributed by atoms with Gasteiger partial charge >= 0.3 is 0 Å². The Labute approximate surface area is 208 Å². The number of nitrogens with two attached hydrogens (primary N) is 1. The summed E-state index contributed by atoms with van der Waals surface area (Å²) in [5, 5.41) is 0. The Bertz CT molecular complexity index is 1540. The van der Waals surface area contributed by atoms with E-state index in [1.807, 2.05) is 34.3 Å². The van der Waals surface area contributed by atoms with Gasteiger partial charge in [-0.05, 0) is 66.4 Å². The quantitative estimate of drug-likeness (QED) is 0.348. The summed E-state index contributed by atoms with van der Waals surface area (Å²) in [4.78, 5) is 23.2. The highest BCUT2D eigenvalue weighted by Gasteiger charge is 2.27. The predicted octanol–water partition coefficient (Wildman–Crippen LogP) is 4.89. The summed E-state index contributed by atoms with van der Waals surface area (Å²) in [6.07, 6.45) is 6.27. The van der Waals surface area contributed by atoms with Crippen LogP contribution in [0.1, 0.15) is 50.0 Å². The number of rotatable bonds is 4. The molecule has 178 valence electrons. The third kappa shape index (κ3) is 3.66. The van der Waals surface area contributed by atoms with Crippen molar-refractivity contribution in [3.63, 3.8) is 0 Å². The number of fused-ring (bicyclic) bond motifs is 2. The Morgan fingerprint density at radius 2 is 2.03 bits per heavy atom. The average Bonchev–Trinajstić information content (AvgIpc) is 3.50. The van der Waals surface area contributed by atoms with E-state index in [1.54, 1.807) is 18.6 Å². The highest BCUT2D eigenvalue weighted by Crippen LogP contribution is 2.35. The van der Waals surface area contributed by atoms with Crippen molar-refractivity contribution < 1.29 is 9.13 Å². The number of ether oxygens (including phenoxy) is 1. The van der Waals surface area contributed by atoms with Crippen LogP contribution in [-0.4, -0.2) is 40.7 Å². The van der Waals surface area contributed by atoms with E-state index in [9.17, 15) is 4.39 Å². The minimum absolute atomic E-state index is 0.136. The van der Waals surface area contributed by atoms with E-state index in [2.05, 4.69) is 30.9 Å². The van der Waals surface area contributed by atoms with Gasteiger partial charge in [0.15, 0.2) is 11.5 Å². The molecular formula is C24H22BrFN8O. The summed E-state index contributed by atoms with van der Waals surface area (Å²) in [6, 6.07) is 8.59. The minimum Gasteiger partial charge on any atom is -0.382 e. The number of hydrogen-bond donors (Lipinski definition) is 1. The molecule has 11 heteroatoms. The van der Waals surface area contributed by atoms with Gasteiger partial charge in [-0.3, -0.25) is 9.13 Å². The first-order valence-corrected chi connectivity index (χ1v) is 12.2. The minimum atomic E-state index is -0.387. The van der Waals surface area contributed by atoms with Crippen molar-refractivity contribution in [2.24, 2.45) is 0 Å². The molecule has 1 aromatic carbocycles. The SMILES string of the molecule is CC(c1nc(N)c2ncn(C3CCCCO3)c2n1)c1nc2ccc(F)c(Br)c2n1-c1ccccn1. The first-order valence-electron chi connectivity index (χ1n) is 11.4. The van der Waals surface area contributed by atoms with Gasteiger partial charge in [-0.2, -0.15) is 0 Å². The fraction of sp³-hybridized carbons (Fsp3) is 0.292. The number of nitrogens with zero attached hydrogens (tertiary/aromatic N) is 7. The summed E-state index contributed by atoms with van der Waals surface area (Å²) in [7, 11) is 0. The van der Waals surface area contributed by atoms with Crippen LogP contribution in [0.2, 0.25) is 0 Å². The van der Waals surface area contributed by atoms with Gasteiger partial charge in [-0.25, -0.2) is 29.3 Å². The zero-order chi connectivity index (χ0) is 24.1. The first kappa shape index (κ1) is 22.1. The van der Waals surface area contributed by atoms with E-state index in [1.165, 1.54) is 6.07 Å². The number of nitrogen functional groups attached to an aromatic ring is 1. The van der Waals surface area contributed by atoms with Gasteiger partial charge in [0.05, 0.1) is 27.8 Å². The molecule has 35 heavy (non-hydrogen) atoms. The Morgan fingerprint density at radius 1 is 1.14 bits per heavy atom. The molecule has 2 unspecified atom stereocenters. The standard InChI is InChI=1S/C24H22BrFN8O/c1-13(22-31-21(27)19-24(32-22)33(12-29-19)17-7-3-5-11-35-17)23-30-15-9-8-14(26)18(25)20(15)34(23)16-6-2-4-10-28-16/h2,4,6,8-10,12-13,17H,3,5,7,11H2,1H3,(H2,27,31,32). The number of anilines is 1. The van der Waals surface area contributed by atoms with Gasteiger partial charge in [-0.15, -0.1) is 0 Å². The molecule has 0 radical (unpaired) electrons. The molecule has 1 fully saturated rings. The summed E-state index contributed by atoms with van der Waals surface area (Å²) in [6.45, 7) is 2.65. The van der Waals surface area contributed by atoms with Crippen molar-refractivity contribution in [3.8, 4) is 5.82 Å². The molecule has 4 aromatic heterocycles. The van der Waals surface area contributed by atoms with Gasteiger partial charge in [0, 0.05) is 12.8 Å². The second-order valence-electron chi connectivity index (χ2n) is 8.56. The molecule has 0 spiro atoms. The zero-order valence-corrected chi connectivity index (χ0v) is 20.5. The Balaban J connectivity index is 1.53. The van der Waals surface area contributed by atoms with Crippen LogP contribution < -0.4 is 5.73 Å². The van der Waals surface area contributed by atoms with E-state index in [4.69, 9.17) is 20.4 Å². The zero-order valence-electron chi connectivity index (χ0n) is 18.9. The van der Waals surface area contributed by atoms with Crippen molar-refractivity contribution in [2.75, 3.05) is 12.3 Å². The maximum Gasteiger partial charge on any atom is 0.167 e. The molecule has 0 amide bonds. The Morgan fingerprint density at radius 3 is 2.80 bits per heavy atom. The fourth-order valence-corrected chi connectivity index (χ4v) is 5.06. The lowest BCUT2D eigenvalue weighted by atomic mass is 10.1. The van der Waals surface area contributed by atoms with Crippen LogP contribution in [0.3, 0.4) is 0 Å². The second-order valence-corrected chi connectivity index (χ2v) is 9.35. The van der Waals surface area contributed by atoms with Crippen molar-refractivity contribution in [2.45, 2.75) is 38.3 Å². The van der Waals surface area contributed by atoms with Crippen LogP contribution in [0.4, 0.5) is 10.2 Å². The highest BCUT2D eigenvalue weighted by atomic mass is 79.9. The summed E-state index contributed by atoms with van der Waals surface area (Å²) in [5.41, 5.74) is 8.69. The summed E-state index contributed by atoms with van der Waals surface area (Å²) < 4.78 is 24.5. The molecule has 0 bridgehead atoms. The number of imidazole rings is 2. The third-order valence-electron chi connectivity index (χ3n) is 6.32. The molecule has 2 N–H and O–H groups in total. The molecular weight excluding hydrogens is 515 g/mol. The normalized spacial score (nSPS) is 17.3. The highest BCUT2D eigenvalue weighted by molar-refractivity contribution is 9.10. The van der Waals surface area contributed by atoms with Crippen LogP contribution in [0.5, 0.6) is 0 Å². The van der Waals surface area contributed by atoms with Crippen LogP contribution in [0, 0.1) is 5.82 Å². The van der Waals surface area contributed by atoms with Crippen molar-refractivity contribution in [1.29, 1.82) is 0 Å². The molecule has 0 saturated carbocycles. The number of halogens is 2. The van der Waals surface area contributed by atoms with E-state index in [0.717, 1.165) is 19.3 Å². The Hall–Kier alpha value is -3.44. The van der Waals surface area contributed by atoms with Gasteiger partial charge < -0.3 is 10.5 Å². The van der Waals surface area contributed by atoms with E-state index in [0.29, 0.717) is 56.6 Å². The number of pyridine rings is 1. The molecule has 1 aliphatic rings. The molecule has 5 heterocycles. The summed E-state index contributed by atoms with van der Waals surface area (Å²) in [5.74, 6) is 1.23. The van der Waals surface area contributed by atoms with Crippen molar-refractivity contribution >= 4 is 43.9 Å². The predicted molar refractivity (Wildman–Crippen MR) is 133 cm³/mol. The van der Waals surface area contributed by atoms with E-state index < -0.39 is 0 Å². The average molecular weight is 537 g/mol. The van der Waals surface area contributed by atoms with E-state index in [-0.39, 0.29) is 18.0 Å². The van der Waals surface area contributed by atoms with Gasteiger partial charge in [0.25, 0.3) is 0 Å². The molecule has 2 atom stereocenters. The maximum atomic E-state index is 14.5. The number of hydrogen-bond acceptors (Lipinski definition) is 7. The largest absolute Gasteiger partial charge is 0.382 e. The molecule has 9 nitrogen and oxygen atoms in total. The second kappa shape index (κ2) is 8.65. The number of aromatic nitrogens is 7. The van der Waals surface area contributed by atoms with Crippen molar-refractivity contribution in [3.05, 3.63) is 64.8 Å². The van der Waals surface area contributed by atoms with E-state index >= 15 is 0 Å². The van der Waals surface area contributed by atoms with Crippen LogP contribution in [-0.2, 0) is 4.74 Å². The van der Waals surface area contributed by atoms with Crippen LogP contribution in [0.15, 0.2) is 47.3 Å². The fourth-order valence-electron chi connectivity index (χ4n) is 4.55. The smallest absolute Gasteiger partial charge is 0.167 e. The topological polar surface area (TPSA) is 110 Å². The molecule has 1 aliphatic heterocycles. The number of benzene rings is 1. The first-order chi connectivity index (χ1) is 17.0. The molecule has 6 rings (SSSR count). The lowest BCUT2D eigenvalue weighted by Crippen LogP contribution is -2.18. The lowest BCUT2D eigenvalue weighted by Gasteiger charge is -2.24. The van der Waals surface area contributed by atoms with Gasteiger partial charge in [0.1, 0.15) is 35.0 Å². The van der Waals surface area contributed by atoms with Crippen LogP contribution in [0.25, 0.3) is 28.0 Å². The molecule has 0 aliphatic carbocycles. The van der Waals surface area contributed by atoms with Gasteiger partial charge in [-0.1, -0.05) is 6.07 Å². The lowest BCUT2D eigenvalue weighted by molar-refractivity contribution is -0.0298. The maximum absolute atomic E-state index is 14.5. The third-order valence-corrected chi connectivity index (χ3v) is 7.07. The molecule has 1 saturated heterocycles. The monoisotopic (exact) mass is 536 g/mol. The van der Waals surface area contributed by atoms with Crippen LogP contribution >= 0.6 is 15.9 Å². The van der Waals surface area contributed by atoms with Crippen molar-refractivity contribution in [1.82, 2.24) is 34.1 Å². The Kier molecular flexibility index (Phi) is 5.45. The van der Waals surface area contributed by atoms with Gasteiger partial charge in [0.2, 0.25) is 0 Å². The summed E-state index contributed by atoms with van der Waals surface area (Å²) >= 11 is 3.40.